The number of imide groups is 2. The van der Waals surface area contributed by atoms with E-state index in [0.29, 0.717) is 6.42 Å². The minimum atomic E-state index is -0.843. The average Bonchev–Trinajstić information content (AvgIpc) is 3.24. The molecule has 2 aliphatic rings. The molecule has 2 fully saturated rings. The lowest BCUT2D eigenvalue weighted by Crippen LogP contribution is -2.62. The molecule has 1 aliphatic heterocycles. The molecule has 5 nitrogen and oxygen atoms in total. The Hall–Kier alpha value is -2.95. The zero-order valence-electron chi connectivity index (χ0n) is 15.8. The van der Waals surface area contributed by atoms with Gasteiger partial charge >= 0.3 is 6.03 Å². The molecule has 144 valence electrons. The number of hydrogen-bond acceptors (Lipinski definition) is 3. The van der Waals surface area contributed by atoms with Crippen LogP contribution in [0.5, 0.6) is 0 Å². The van der Waals surface area contributed by atoms with Gasteiger partial charge in [0.1, 0.15) is 5.92 Å². The Morgan fingerprint density at radius 2 is 1.32 bits per heavy atom. The topological polar surface area (TPSA) is 57.7 Å². The summed E-state index contributed by atoms with van der Waals surface area (Å²) in [4.78, 5) is 42.2. The van der Waals surface area contributed by atoms with Gasteiger partial charge in [0.15, 0.2) is 0 Å². The number of rotatable bonds is 5. The molecule has 5 heteroatoms. The minimum Gasteiger partial charge on any atom is -0.273 e. The summed E-state index contributed by atoms with van der Waals surface area (Å²) in [5.41, 5.74) is 1.80. The van der Waals surface area contributed by atoms with Crippen molar-refractivity contribution < 1.29 is 14.4 Å². The standard InChI is InChI=1S/C23H24N2O3/c26-21-20(15-17-9-3-1-4-10-17)22(27)25(19-13-7-8-14-19)23(28)24(21)16-18-11-5-2-6-12-18/h1-6,9-12,19-20H,7-8,13-16H2. The Kier molecular flexibility index (Phi) is 5.24. The summed E-state index contributed by atoms with van der Waals surface area (Å²) in [5.74, 6) is -1.57. The maximum absolute atomic E-state index is 13.2. The first-order valence-corrected chi connectivity index (χ1v) is 9.91. The van der Waals surface area contributed by atoms with E-state index in [1.54, 1.807) is 0 Å². The van der Waals surface area contributed by atoms with Crippen LogP contribution in [0.4, 0.5) is 4.79 Å². The molecule has 0 N–H and O–H groups in total. The van der Waals surface area contributed by atoms with Gasteiger partial charge in [-0.15, -0.1) is 0 Å². The molecule has 1 atom stereocenters. The maximum Gasteiger partial charge on any atom is 0.334 e. The second-order valence-electron chi connectivity index (χ2n) is 7.58. The van der Waals surface area contributed by atoms with Crippen LogP contribution in [0.3, 0.4) is 0 Å². The number of barbiturate groups is 1. The van der Waals surface area contributed by atoms with Gasteiger partial charge in [-0.2, -0.15) is 0 Å². The largest absolute Gasteiger partial charge is 0.334 e. The van der Waals surface area contributed by atoms with E-state index in [1.165, 1.54) is 9.80 Å². The van der Waals surface area contributed by atoms with Crippen molar-refractivity contribution in [2.75, 3.05) is 0 Å². The summed E-state index contributed by atoms with van der Waals surface area (Å²) in [7, 11) is 0. The molecular weight excluding hydrogens is 352 g/mol. The summed E-state index contributed by atoms with van der Waals surface area (Å²) in [6, 6.07) is 18.4. The van der Waals surface area contributed by atoms with E-state index in [2.05, 4.69) is 0 Å². The van der Waals surface area contributed by atoms with E-state index < -0.39 is 17.9 Å². The Labute approximate surface area is 164 Å². The predicted octanol–water partition coefficient (Wildman–Crippen LogP) is 3.78. The van der Waals surface area contributed by atoms with Gasteiger partial charge in [0, 0.05) is 6.04 Å². The van der Waals surface area contributed by atoms with E-state index >= 15 is 0 Å². The van der Waals surface area contributed by atoms with Gasteiger partial charge in [-0.05, 0) is 30.4 Å². The Bertz CT molecular complexity index is 796. The molecule has 4 rings (SSSR count). The van der Waals surface area contributed by atoms with Crippen LogP contribution in [0.2, 0.25) is 0 Å². The normalized spacial score (nSPS) is 20.9. The highest BCUT2D eigenvalue weighted by molar-refractivity contribution is 6.16. The molecule has 1 heterocycles. The van der Waals surface area contributed by atoms with Gasteiger partial charge in [-0.1, -0.05) is 73.5 Å². The molecule has 1 saturated heterocycles. The third-order valence-corrected chi connectivity index (χ3v) is 5.69. The summed E-state index contributed by atoms with van der Waals surface area (Å²) < 4.78 is 0. The van der Waals surface area contributed by atoms with Gasteiger partial charge < -0.3 is 0 Å². The molecular formula is C23H24N2O3. The van der Waals surface area contributed by atoms with Gasteiger partial charge in [-0.25, -0.2) is 4.79 Å². The van der Waals surface area contributed by atoms with Crippen LogP contribution in [0, 0.1) is 5.92 Å². The second kappa shape index (κ2) is 7.97. The molecule has 0 spiro atoms. The van der Waals surface area contributed by atoms with Crippen LogP contribution in [-0.4, -0.2) is 33.7 Å². The number of hydrogen-bond donors (Lipinski definition) is 0. The molecule has 0 radical (unpaired) electrons. The fourth-order valence-electron chi connectivity index (χ4n) is 4.21. The molecule has 0 aromatic heterocycles. The van der Waals surface area contributed by atoms with Crippen molar-refractivity contribution in [1.82, 2.24) is 9.80 Å². The lowest BCUT2D eigenvalue weighted by molar-refractivity contribution is -0.151. The Balaban J connectivity index is 1.65. The molecule has 4 amide bonds. The fraction of sp³-hybridized carbons (Fsp3) is 0.348. The minimum absolute atomic E-state index is 0.0929. The van der Waals surface area contributed by atoms with Crippen LogP contribution in [0.15, 0.2) is 60.7 Å². The number of carbonyl (C=O) groups is 3. The average molecular weight is 376 g/mol. The fourth-order valence-corrected chi connectivity index (χ4v) is 4.21. The molecule has 1 saturated carbocycles. The number of urea groups is 1. The zero-order chi connectivity index (χ0) is 19.5. The van der Waals surface area contributed by atoms with Gasteiger partial charge in [0.05, 0.1) is 6.54 Å². The third-order valence-electron chi connectivity index (χ3n) is 5.69. The van der Waals surface area contributed by atoms with Crippen molar-refractivity contribution in [1.29, 1.82) is 0 Å². The number of amides is 4. The van der Waals surface area contributed by atoms with Crippen molar-refractivity contribution in [3.8, 4) is 0 Å². The number of nitrogens with zero attached hydrogens (tertiary/aromatic N) is 2. The summed E-state index contributed by atoms with van der Waals surface area (Å²) in [5, 5.41) is 0. The van der Waals surface area contributed by atoms with Crippen LogP contribution in [0.1, 0.15) is 36.8 Å². The van der Waals surface area contributed by atoms with Crippen molar-refractivity contribution in [3.05, 3.63) is 71.8 Å². The number of carbonyl (C=O) groups excluding carboxylic acids is 3. The lowest BCUT2D eigenvalue weighted by atomic mass is 9.93. The van der Waals surface area contributed by atoms with E-state index in [-0.39, 0.29) is 18.5 Å². The highest BCUT2D eigenvalue weighted by Gasteiger charge is 2.48. The summed E-state index contributed by atoms with van der Waals surface area (Å²) >= 11 is 0. The van der Waals surface area contributed by atoms with E-state index in [1.807, 2.05) is 60.7 Å². The lowest BCUT2D eigenvalue weighted by Gasteiger charge is -2.40. The SMILES string of the molecule is O=C1C(Cc2ccccc2)C(=O)N(C2CCCC2)C(=O)N1Cc1ccccc1. The number of benzene rings is 2. The summed E-state index contributed by atoms with van der Waals surface area (Å²) in [6.45, 7) is 0.195. The van der Waals surface area contributed by atoms with Crippen LogP contribution in [0.25, 0.3) is 0 Å². The first-order valence-electron chi connectivity index (χ1n) is 9.91. The second-order valence-corrected chi connectivity index (χ2v) is 7.58. The molecule has 28 heavy (non-hydrogen) atoms. The first-order chi connectivity index (χ1) is 13.6. The Morgan fingerprint density at radius 1 is 0.750 bits per heavy atom. The summed E-state index contributed by atoms with van der Waals surface area (Å²) in [6.07, 6.45) is 3.99. The van der Waals surface area contributed by atoms with Crippen LogP contribution in [-0.2, 0) is 22.6 Å². The van der Waals surface area contributed by atoms with Crippen molar-refractivity contribution in [2.45, 2.75) is 44.7 Å². The van der Waals surface area contributed by atoms with E-state index in [0.717, 1.165) is 36.8 Å². The maximum atomic E-state index is 13.2. The predicted molar refractivity (Wildman–Crippen MR) is 105 cm³/mol. The molecule has 1 unspecified atom stereocenters. The van der Waals surface area contributed by atoms with Gasteiger partial charge in [0.2, 0.25) is 11.8 Å². The quantitative estimate of drug-likeness (QED) is 0.746. The Morgan fingerprint density at radius 3 is 1.93 bits per heavy atom. The van der Waals surface area contributed by atoms with E-state index in [9.17, 15) is 14.4 Å². The highest BCUT2D eigenvalue weighted by Crippen LogP contribution is 2.31. The smallest absolute Gasteiger partial charge is 0.273 e. The molecule has 2 aromatic carbocycles. The molecule has 1 aliphatic carbocycles. The molecule has 2 aromatic rings. The van der Waals surface area contributed by atoms with Crippen LogP contribution >= 0.6 is 0 Å². The van der Waals surface area contributed by atoms with Crippen LogP contribution < -0.4 is 0 Å². The zero-order valence-corrected chi connectivity index (χ0v) is 15.8. The van der Waals surface area contributed by atoms with Crippen molar-refractivity contribution >= 4 is 17.8 Å². The van der Waals surface area contributed by atoms with Gasteiger partial charge in [-0.3, -0.25) is 19.4 Å². The highest BCUT2D eigenvalue weighted by atomic mass is 16.2. The van der Waals surface area contributed by atoms with Crippen molar-refractivity contribution in [3.63, 3.8) is 0 Å². The first kappa shape index (κ1) is 18.4. The molecule has 0 bridgehead atoms. The van der Waals surface area contributed by atoms with E-state index in [4.69, 9.17) is 0 Å². The monoisotopic (exact) mass is 376 g/mol. The van der Waals surface area contributed by atoms with Crippen molar-refractivity contribution in [2.24, 2.45) is 5.92 Å². The van der Waals surface area contributed by atoms with Gasteiger partial charge in [0.25, 0.3) is 0 Å². The third kappa shape index (κ3) is 3.57.